The maximum atomic E-state index is 11.5. The van der Waals surface area contributed by atoms with E-state index < -0.39 is 22.4 Å². The molecule has 104 valence electrons. The van der Waals surface area contributed by atoms with E-state index in [1.165, 1.54) is 19.2 Å². The quantitative estimate of drug-likeness (QED) is 0.713. The number of rotatable bonds is 7. The number of benzene rings is 1. The van der Waals surface area contributed by atoms with Crippen molar-refractivity contribution in [3.63, 3.8) is 0 Å². The van der Waals surface area contributed by atoms with Gasteiger partial charge in [0, 0.05) is 6.42 Å². The van der Waals surface area contributed by atoms with Gasteiger partial charge in [-0.1, -0.05) is 12.1 Å². The molecule has 0 aliphatic carbocycles. The Morgan fingerprint density at radius 3 is 2.26 bits per heavy atom. The predicted octanol–water partition coefficient (Wildman–Crippen LogP) is 0.571. The zero-order valence-corrected chi connectivity index (χ0v) is 11.2. The van der Waals surface area contributed by atoms with Crippen LogP contribution in [-0.4, -0.2) is 32.3 Å². The van der Waals surface area contributed by atoms with E-state index in [4.69, 9.17) is 5.11 Å². The summed E-state index contributed by atoms with van der Waals surface area (Å²) in [5, 5.41) is 8.44. The zero-order valence-electron chi connectivity index (χ0n) is 10.4. The second-order valence-corrected chi connectivity index (χ2v) is 5.85. The Morgan fingerprint density at radius 1 is 1.21 bits per heavy atom. The monoisotopic (exact) mass is 285 g/mol. The van der Waals surface area contributed by atoms with Gasteiger partial charge in [0.15, 0.2) is 0 Å². The molecule has 1 aromatic rings. The van der Waals surface area contributed by atoms with Crippen LogP contribution in [0.25, 0.3) is 0 Å². The number of sulfonamides is 1. The fraction of sp³-hybridized carbons (Fsp3) is 0.333. The minimum atomic E-state index is -3.46. The number of carboxylic acids is 1. The van der Waals surface area contributed by atoms with Crippen LogP contribution in [0.4, 0.5) is 0 Å². The summed E-state index contributed by atoms with van der Waals surface area (Å²) in [7, 11) is -2.13. The summed E-state index contributed by atoms with van der Waals surface area (Å²) >= 11 is 0. The Morgan fingerprint density at radius 2 is 1.79 bits per heavy atom. The van der Waals surface area contributed by atoms with Crippen LogP contribution in [0.5, 0.6) is 0 Å². The van der Waals surface area contributed by atoms with Gasteiger partial charge in [-0.05, 0) is 31.2 Å². The number of aryl methyl sites for hydroxylation is 1. The van der Waals surface area contributed by atoms with Crippen molar-refractivity contribution < 1.29 is 23.1 Å². The lowest BCUT2D eigenvalue weighted by Gasteiger charge is -2.04. The first-order valence-electron chi connectivity index (χ1n) is 5.61. The van der Waals surface area contributed by atoms with Crippen LogP contribution >= 0.6 is 0 Å². The van der Waals surface area contributed by atoms with E-state index >= 15 is 0 Å². The van der Waals surface area contributed by atoms with Gasteiger partial charge in [0.2, 0.25) is 10.0 Å². The summed E-state index contributed by atoms with van der Waals surface area (Å²) in [6.45, 7) is 0. The van der Waals surface area contributed by atoms with E-state index in [1.807, 2.05) is 0 Å². The molecule has 0 unspecified atom stereocenters. The minimum absolute atomic E-state index is 0.129. The molecule has 0 aliphatic rings. The van der Waals surface area contributed by atoms with Gasteiger partial charge in [0.1, 0.15) is 12.2 Å². The first kappa shape index (κ1) is 15.3. The second kappa shape index (κ2) is 6.44. The van der Waals surface area contributed by atoms with E-state index in [-0.39, 0.29) is 17.1 Å². The third-order valence-corrected chi connectivity index (χ3v) is 3.97. The second-order valence-electron chi connectivity index (χ2n) is 3.96. The molecule has 1 rings (SSSR count). The summed E-state index contributed by atoms with van der Waals surface area (Å²) in [5.41, 5.74) is 0.786. The first-order valence-corrected chi connectivity index (χ1v) is 7.09. The van der Waals surface area contributed by atoms with Gasteiger partial charge in [0.05, 0.1) is 4.90 Å². The Hall–Kier alpha value is -1.73. The topological polar surface area (TPSA) is 101 Å². The summed E-state index contributed by atoms with van der Waals surface area (Å²) in [5.74, 6) is -1.49. The van der Waals surface area contributed by atoms with Gasteiger partial charge in [-0.25, -0.2) is 13.1 Å². The standard InChI is InChI=1S/C12H15NO5S/c1-13-19(17,18)11-6-3-9(4-7-11)2-5-10(14)8-12(15)16/h3-4,6-7,13H,2,5,8H2,1H3,(H,15,16). The predicted molar refractivity (Wildman–Crippen MR) is 68.3 cm³/mol. The average molecular weight is 285 g/mol. The maximum Gasteiger partial charge on any atom is 0.310 e. The lowest BCUT2D eigenvalue weighted by Crippen LogP contribution is -2.18. The molecule has 0 saturated heterocycles. The van der Waals surface area contributed by atoms with Crippen LogP contribution in [0.15, 0.2) is 29.2 Å². The Bertz CT molecular complexity index is 562. The van der Waals surface area contributed by atoms with Crippen molar-refractivity contribution in [1.29, 1.82) is 0 Å². The van der Waals surface area contributed by atoms with Crippen molar-refractivity contribution in [3.05, 3.63) is 29.8 Å². The molecule has 0 heterocycles. The number of ketones is 1. The highest BCUT2D eigenvalue weighted by molar-refractivity contribution is 7.89. The lowest BCUT2D eigenvalue weighted by molar-refractivity contribution is -0.140. The number of carboxylic acid groups (broad SMARTS) is 1. The van der Waals surface area contributed by atoms with Crippen molar-refractivity contribution in [2.45, 2.75) is 24.2 Å². The summed E-state index contributed by atoms with van der Waals surface area (Å²) in [6, 6.07) is 6.11. The van der Waals surface area contributed by atoms with Crippen LogP contribution in [0.2, 0.25) is 0 Å². The number of aliphatic carboxylic acids is 1. The molecule has 0 saturated carbocycles. The largest absolute Gasteiger partial charge is 0.481 e. The maximum absolute atomic E-state index is 11.5. The van der Waals surface area contributed by atoms with E-state index in [1.54, 1.807) is 12.1 Å². The molecular weight excluding hydrogens is 270 g/mol. The molecule has 0 bridgehead atoms. The highest BCUT2D eigenvalue weighted by Gasteiger charge is 2.11. The number of hydrogen-bond acceptors (Lipinski definition) is 4. The van der Waals surface area contributed by atoms with Crippen LogP contribution in [0.1, 0.15) is 18.4 Å². The van der Waals surface area contributed by atoms with Crippen molar-refractivity contribution in [2.24, 2.45) is 0 Å². The first-order chi connectivity index (χ1) is 8.85. The van der Waals surface area contributed by atoms with Gasteiger partial charge in [0.25, 0.3) is 0 Å². The van der Waals surface area contributed by atoms with E-state index in [9.17, 15) is 18.0 Å². The normalized spacial score (nSPS) is 11.2. The number of hydrogen-bond donors (Lipinski definition) is 2. The molecule has 0 radical (unpaired) electrons. The molecule has 0 spiro atoms. The van der Waals surface area contributed by atoms with Crippen molar-refractivity contribution in [2.75, 3.05) is 7.05 Å². The van der Waals surface area contributed by atoms with Crippen molar-refractivity contribution >= 4 is 21.8 Å². The number of carbonyl (C=O) groups is 2. The molecule has 0 atom stereocenters. The smallest absolute Gasteiger partial charge is 0.310 e. The van der Waals surface area contributed by atoms with Crippen LogP contribution in [-0.2, 0) is 26.0 Å². The third kappa shape index (κ3) is 4.80. The molecule has 6 nitrogen and oxygen atoms in total. The average Bonchev–Trinajstić information content (AvgIpc) is 2.36. The molecule has 0 aliphatic heterocycles. The zero-order chi connectivity index (χ0) is 14.5. The fourth-order valence-corrected chi connectivity index (χ4v) is 2.22. The lowest BCUT2D eigenvalue weighted by atomic mass is 10.1. The number of Topliss-reactive ketones (excluding diaryl/α,β-unsaturated/α-hetero) is 1. The molecule has 0 fully saturated rings. The van der Waals surface area contributed by atoms with Crippen LogP contribution in [0.3, 0.4) is 0 Å². The molecule has 0 aromatic heterocycles. The Kier molecular flexibility index (Phi) is 5.20. The fourth-order valence-electron chi connectivity index (χ4n) is 1.49. The molecule has 2 N–H and O–H groups in total. The summed E-state index contributed by atoms with van der Waals surface area (Å²) in [6.07, 6.45) is 0.0443. The summed E-state index contributed by atoms with van der Waals surface area (Å²) in [4.78, 5) is 21.7. The Labute approximate surface area is 111 Å². The highest BCUT2D eigenvalue weighted by Crippen LogP contribution is 2.11. The molecule has 19 heavy (non-hydrogen) atoms. The van der Waals surface area contributed by atoms with E-state index in [0.29, 0.717) is 6.42 Å². The van der Waals surface area contributed by atoms with Gasteiger partial charge < -0.3 is 5.11 Å². The molecule has 1 aromatic carbocycles. The van der Waals surface area contributed by atoms with Gasteiger partial charge in [-0.15, -0.1) is 0 Å². The van der Waals surface area contributed by atoms with E-state index in [2.05, 4.69) is 4.72 Å². The number of nitrogens with one attached hydrogen (secondary N) is 1. The minimum Gasteiger partial charge on any atom is -0.481 e. The summed E-state index contributed by atoms with van der Waals surface area (Å²) < 4.78 is 25.1. The SMILES string of the molecule is CNS(=O)(=O)c1ccc(CCC(=O)CC(=O)O)cc1. The van der Waals surface area contributed by atoms with Gasteiger partial charge >= 0.3 is 5.97 Å². The van der Waals surface area contributed by atoms with E-state index in [0.717, 1.165) is 5.56 Å². The van der Waals surface area contributed by atoms with Crippen LogP contribution in [0, 0.1) is 0 Å². The third-order valence-electron chi connectivity index (χ3n) is 2.54. The molecular formula is C12H15NO5S. The van der Waals surface area contributed by atoms with Gasteiger partial charge in [-0.3, -0.25) is 9.59 Å². The highest BCUT2D eigenvalue weighted by atomic mass is 32.2. The number of carbonyl (C=O) groups excluding carboxylic acids is 1. The molecule has 0 amide bonds. The van der Waals surface area contributed by atoms with Crippen molar-refractivity contribution in [1.82, 2.24) is 4.72 Å². The molecule has 7 heteroatoms. The van der Waals surface area contributed by atoms with Crippen molar-refractivity contribution in [3.8, 4) is 0 Å². The van der Waals surface area contributed by atoms with Gasteiger partial charge in [-0.2, -0.15) is 0 Å². The Balaban J connectivity index is 2.63. The van der Waals surface area contributed by atoms with Crippen LogP contribution < -0.4 is 4.72 Å².